The fourth-order valence-electron chi connectivity index (χ4n) is 3.76. The zero-order chi connectivity index (χ0) is 18.4. The van der Waals surface area contributed by atoms with Crippen LogP contribution >= 0.6 is 11.8 Å². The SMILES string of the molecule is O=C(NO)c1ccc(-c2nc3ccc4[nH]ncc4c3c3c2CSCC3)cc1. The lowest BCUT2D eigenvalue weighted by Gasteiger charge is -2.21. The third kappa shape index (κ3) is 2.58. The van der Waals surface area contributed by atoms with Crippen LogP contribution in [0.5, 0.6) is 0 Å². The number of hydrogen-bond donors (Lipinski definition) is 3. The molecular formula is C20H16N4O2S. The standard InChI is InChI=1S/C20H16N4O2S/c25-20(24-26)12-3-1-11(2-4-12)19-15-10-27-8-7-13(15)18-14-9-21-23-16(14)5-6-17(18)22-19/h1-6,9,26H,7-8,10H2,(H,21,23)(H,24,25). The summed E-state index contributed by atoms with van der Waals surface area (Å²) in [5, 5.41) is 18.3. The van der Waals surface area contributed by atoms with E-state index >= 15 is 0 Å². The van der Waals surface area contributed by atoms with Crippen molar-refractivity contribution >= 4 is 39.5 Å². The van der Waals surface area contributed by atoms with E-state index in [1.165, 1.54) is 16.5 Å². The molecule has 0 aliphatic carbocycles. The Morgan fingerprint density at radius 1 is 1.15 bits per heavy atom. The highest BCUT2D eigenvalue weighted by atomic mass is 32.2. The topological polar surface area (TPSA) is 90.9 Å². The van der Waals surface area contributed by atoms with Crippen molar-refractivity contribution in [3.8, 4) is 11.3 Å². The van der Waals surface area contributed by atoms with Crippen LogP contribution in [0.4, 0.5) is 0 Å². The van der Waals surface area contributed by atoms with Crippen LogP contribution in [0.3, 0.4) is 0 Å². The smallest absolute Gasteiger partial charge is 0.274 e. The monoisotopic (exact) mass is 376 g/mol. The number of H-pyrrole nitrogens is 1. The van der Waals surface area contributed by atoms with Gasteiger partial charge in [-0.25, -0.2) is 10.5 Å². The molecule has 6 nitrogen and oxygen atoms in total. The average Bonchev–Trinajstić information content (AvgIpc) is 3.21. The number of thioether (sulfide) groups is 1. The molecule has 27 heavy (non-hydrogen) atoms. The zero-order valence-electron chi connectivity index (χ0n) is 14.3. The number of aryl methyl sites for hydroxylation is 1. The number of carbonyl (C=O) groups is 1. The molecule has 0 radical (unpaired) electrons. The molecule has 5 rings (SSSR count). The number of fused-ring (bicyclic) bond motifs is 5. The van der Waals surface area contributed by atoms with Crippen molar-refractivity contribution in [2.75, 3.05) is 5.75 Å². The first-order valence-electron chi connectivity index (χ1n) is 8.66. The lowest BCUT2D eigenvalue weighted by Crippen LogP contribution is -2.18. The molecule has 0 unspecified atom stereocenters. The molecule has 0 bridgehead atoms. The van der Waals surface area contributed by atoms with E-state index < -0.39 is 5.91 Å². The maximum atomic E-state index is 11.6. The average molecular weight is 376 g/mol. The van der Waals surface area contributed by atoms with Crippen LogP contribution in [-0.4, -0.2) is 32.0 Å². The summed E-state index contributed by atoms with van der Waals surface area (Å²) < 4.78 is 0. The maximum absolute atomic E-state index is 11.6. The number of rotatable bonds is 2. The summed E-state index contributed by atoms with van der Waals surface area (Å²) in [7, 11) is 0. The molecule has 0 saturated heterocycles. The minimum atomic E-state index is -0.520. The number of amides is 1. The molecular weight excluding hydrogens is 360 g/mol. The van der Waals surface area contributed by atoms with Crippen molar-refractivity contribution in [1.29, 1.82) is 0 Å². The molecule has 3 heterocycles. The van der Waals surface area contributed by atoms with Gasteiger partial charge < -0.3 is 0 Å². The molecule has 2 aromatic carbocycles. The summed E-state index contributed by atoms with van der Waals surface area (Å²) in [6.45, 7) is 0. The summed E-state index contributed by atoms with van der Waals surface area (Å²) in [6.07, 6.45) is 2.88. The Morgan fingerprint density at radius 2 is 2.00 bits per heavy atom. The fourth-order valence-corrected chi connectivity index (χ4v) is 4.77. The Kier molecular flexibility index (Phi) is 3.84. The van der Waals surface area contributed by atoms with Crippen molar-refractivity contribution in [1.82, 2.24) is 20.7 Å². The van der Waals surface area contributed by atoms with E-state index in [0.29, 0.717) is 5.56 Å². The Hall–Kier alpha value is -2.90. The van der Waals surface area contributed by atoms with Gasteiger partial charge in [-0.05, 0) is 47.6 Å². The normalized spacial score (nSPS) is 13.7. The second-order valence-corrected chi connectivity index (χ2v) is 7.63. The third-order valence-electron chi connectivity index (χ3n) is 5.05. The first-order chi connectivity index (χ1) is 13.3. The van der Waals surface area contributed by atoms with Crippen LogP contribution in [0.1, 0.15) is 21.5 Å². The highest BCUT2D eigenvalue weighted by Crippen LogP contribution is 2.38. The van der Waals surface area contributed by atoms with E-state index in [2.05, 4.69) is 10.2 Å². The van der Waals surface area contributed by atoms with Gasteiger partial charge in [-0.15, -0.1) is 0 Å². The predicted molar refractivity (Wildman–Crippen MR) is 106 cm³/mol. The van der Waals surface area contributed by atoms with Crippen LogP contribution in [-0.2, 0) is 12.2 Å². The van der Waals surface area contributed by atoms with E-state index in [-0.39, 0.29) is 0 Å². The van der Waals surface area contributed by atoms with Crippen LogP contribution < -0.4 is 5.48 Å². The van der Waals surface area contributed by atoms with Crippen LogP contribution in [0, 0.1) is 0 Å². The second-order valence-electron chi connectivity index (χ2n) is 6.53. The van der Waals surface area contributed by atoms with Gasteiger partial charge in [-0.2, -0.15) is 16.9 Å². The number of pyridine rings is 1. The number of benzene rings is 2. The van der Waals surface area contributed by atoms with Gasteiger partial charge in [0.15, 0.2) is 0 Å². The number of nitrogens with one attached hydrogen (secondary N) is 2. The van der Waals surface area contributed by atoms with Crippen LogP contribution in [0.2, 0.25) is 0 Å². The third-order valence-corrected chi connectivity index (χ3v) is 6.04. The molecule has 3 N–H and O–H groups in total. The van der Waals surface area contributed by atoms with Gasteiger partial charge in [0.05, 0.1) is 22.9 Å². The van der Waals surface area contributed by atoms with Crippen molar-refractivity contribution < 1.29 is 10.0 Å². The number of hydroxylamine groups is 1. The summed E-state index contributed by atoms with van der Waals surface area (Å²) in [5.41, 5.74) is 8.59. The minimum Gasteiger partial charge on any atom is -0.288 e. The number of hydrogen-bond acceptors (Lipinski definition) is 5. The lowest BCUT2D eigenvalue weighted by atomic mass is 9.94. The Morgan fingerprint density at radius 3 is 2.81 bits per heavy atom. The quantitative estimate of drug-likeness (QED) is 0.367. The summed E-state index contributed by atoms with van der Waals surface area (Å²) in [4.78, 5) is 16.6. The summed E-state index contributed by atoms with van der Waals surface area (Å²) >= 11 is 1.91. The highest BCUT2D eigenvalue weighted by molar-refractivity contribution is 7.98. The molecule has 2 aromatic heterocycles. The van der Waals surface area contributed by atoms with Gasteiger partial charge in [0, 0.05) is 27.7 Å². The van der Waals surface area contributed by atoms with E-state index in [9.17, 15) is 4.79 Å². The minimum absolute atomic E-state index is 0.408. The molecule has 1 amide bonds. The molecule has 1 aliphatic rings. The zero-order valence-corrected chi connectivity index (χ0v) is 15.1. The van der Waals surface area contributed by atoms with Gasteiger partial charge in [0.1, 0.15) is 0 Å². The summed E-state index contributed by atoms with van der Waals surface area (Å²) in [5.74, 6) is 1.49. The van der Waals surface area contributed by atoms with Crippen LogP contribution in [0.25, 0.3) is 33.1 Å². The number of carbonyl (C=O) groups excluding carboxylic acids is 1. The van der Waals surface area contributed by atoms with E-state index in [1.54, 1.807) is 17.6 Å². The Balaban J connectivity index is 1.75. The molecule has 0 spiro atoms. The fraction of sp³-hybridized carbons (Fsp3) is 0.150. The van der Waals surface area contributed by atoms with Gasteiger partial charge in [-0.3, -0.25) is 15.1 Å². The molecule has 0 atom stereocenters. The first kappa shape index (κ1) is 16.3. The molecule has 0 saturated carbocycles. The van der Waals surface area contributed by atoms with E-state index in [4.69, 9.17) is 10.2 Å². The second kappa shape index (κ2) is 6.37. The largest absolute Gasteiger partial charge is 0.288 e. The Bertz CT molecular complexity index is 1180. The van der Waals surface area contributed by atoms with Crippen molar-refractivity contribution in [2.24, 2.45) is 0 Å². The molecule has 134 valence electrons. The van der Waals surface area contributed by atoms with Gasteiger partial charge >= 0.3 is 0 Å². The Labute approximate surface area is 159 Å². The van der Waals surface area contributed by atoms with Gasteiger partial charge in [0.25, 0.3) is 5.91 Å². The van der Waals surface area contributed by atoms with E-state index in [1.807, 2.05) is 42.2 Å². The van der Waals surface area contributed by atoms with Crippen LogP contribution in [0.15, 0.2) is 42.6 Å². The molecule has 1 aliphatic heterocycles. The van der Waals surface area contributed by atoms with Crippen molar-refractivity contribution in [3.63, 3.8) is 0 Å². The number of aromatic amines is 1. The predicted octanol–water partition coefficient (Wildman–Crippen LogP) is 3.69. The number of nitrogens with zero attached hydrogens (tertiary/aromatic N) is 2. The first-order valence-corrected chi connectivity index (χ1v) is 9.82. The van der Waals surface area contributed by atoms with Crippen molar-refractivity contribution in [3.05, 3.63) is 59.3 Å². The van der Waals surface area contributed by atoms with E-state index in [0.717, 1.165) is 45.6 Å². The maximum Gasteiger partial charge on any atom is 0.274 e. The van der Waals surface area contributed by atoms with Gasteiger partial charge in [0.2, 0.25) is 0 Å². The lowest BCUT2D eigenvalue weighted by molar-refractivity contribution is 0.0706. The highest BCUT2D eigenvalue weighted by Gasteiger charge is 2.21. The molecule has 7 heteroatoms. The molecule has 4 aromatic rings. The van der Waals surface area contributed by atoms with Gasteiger partial charge in [-0.1, -0.05) is 12.1 Å². The van der Waals surface area contributed by atoms with Crippen molar-refractivity contribution in [2.45, 2.75) is 12.2 Å². The number of aromatic nitrogens is 3. The summed E-state index contributed by atoms with van der Waals surface area (Å²) in [6, 6.07) is 11.2. The molecule has 0 fully saturated rings.